The van der Waals surface area contributed by atoms with Crippen LogP contribution in [0.25, 0.3) is 0 Å². The molecule has 4 N–H and O–H groups in total. The lowest BCUT2D eigenvalue weighted by Gasteiger charge is -1.70. The maximum absolute atomic E-state index is 7.62. The van der Waals surface area contributed by atoms with E-state index in [0.717, 1.165) is 0 Å². The van der Waals surface area contributed by atoms with Crippen molar-refractivity contribution >= 4 is 0 Å². The molecule has 0 unspecified atom stereocenters. The number of allylic oxidation sites excluding steroid dienone is 2. The minimum absolute atomic E-state index is 0.125. The van der Waals surface area contributed by atoms with Gasteiger partial charge in [0.2, 0.25) is 0 Å². The lowest BCUT2D eigenvalue weighted by Crippen LogP contribution is -1.85. The Bertz CT molecular complexity index is 125. The normalized spacial score (nSPS) is 3.93. The van der Waals surface area contributed by atoms with Crippen molar-refractivity contribution in [1.29, 1.82) is 0 Å². The third-order valence-corrected chi connectivity index (χ3v) is 0.200. The van der Waals surface area contributed by atoms with E-state index in [2.05, 4.69) is 118 Å². The van der Waals surface area contributed by atoms with Crippen LogP contribution in [0.2, 0.25) is 0 Å². The lowest BCUT2D eigenvalue weighted by atomic mass is 10.8. The molecular formula is C26H56O4. The van der Waals surface area contributed by atoms with Crippen molar-refractivity contribution in [2.45, 2.75) is 13.8 Å². The zero-order chi connectivity index (χ0) is 28.2. The Kier molecular flexibility index (Phi) is 4290. The van der Waals surface area contributed by atoms with E-state index in [1.807, 2.05) is 13.8 Å². The van der Waals surface area contributed by atoms with Crippen molar-refractivity contribution in [2.24, 2.45) is 0 Å². The zero-order valence-electron chi connectivity index (χ0n) is 20.5. The van der Waals surface area contributed by atoms with Crippen LogP contribution in [0.5, 0.6) is 0 Å². The smallest absolute Gasteiger partial charge is 0.0662 e. The van der Waals surface area contributed by atoms with Gasteiger partial charge in [0.15, 0.2) is 0 Å². The quantitative estimate of drug-likeness (QED) is 0.364. The summed E-state index contributed by atoms with van der Waals surface area (Å²) < 4.78 is 0. The molecule has 30 heavy (non-hydrogen) atoms. The standard InChI is InChI=1S/2C3H6.2C2H6O2.8C2H4/c2*1-3-2;2*3-1-2-4;8*1-2/h2*3H,1H2,2H3;2*3-4H,1-2H2;8*1-2H2. The molecule has 4 heteroatoms. The van der Waals surface area contributed by atoms with E-state index in [9.17, 15) is 0 Å². The third kappa shape index (κ3) is 25700. The van der Waals surface area contributed by atoms with E-state index in [4.69, 9.17) is 20.4 Å². The van der Waals surface area contributed by atoms with Gasteiger partial charge in [-0.3, -0.25) is 0 Å². The summed E-state index contributed by atoms with van der Waals surface area (Å²) in [5.41, 5.74) is 0. The second-order valence-electron chi connectivity index (χ2n) is 1.71. The lowest BCUT2D eigenvalue weighted by molar-refractivity contribution is 0.186. The minimum atomic E-state index is -0.125. The summed E-state index contributed by atoms with van der Waals surface area (Å²) in [5, 5.41) is 30.5. The Morgan fingerprint density at radius 1 is 0.367 bits per heavy atom. The van der Waals surface area contributed by atoms with Gasteiger partial charge in [-0.2, -0.15) is 0 Å². The molecule has 0 aromatic heterocycles. The average Bonchev–Trinajstić information content (AvgIpc) is 2.90. The van der Waals surface area contributed by atoms with Gasteiger partial charge in [-0.1, -0.05) is 12.2 Å². The third-order valence-electron chi connectivity index (χ3n) is 0.200. The summed E-state index contributed by atoms with van der Waals surface area (Å²) in [4.78, 5) is 0. The molecule has 0 bridgehead atoms. The largest absolute Gasteiger partial charge is 0.394 e. The minimum Gasteiger partial charge on any atom is -0.394 e. The summed E-state index contributed by atoms with van der Waals surface area (Å²) >= 11 is 0. The van der Waals surface area contributed by atoms with Gasteiger partial charge in [0.1, 0.15) is 0 Å². The molecule has 0 aliphatic carbocycles. The molecule has 0 aromatic rings. The first-order valence-electron chi connectivity index (χ1n) is 8.24. The summed E-state index contributed by atoms with van der Waals surface area (Å²) in [7, 11) is 0. The molecule has 4 nitrogen and oxygen atoms in total. The zero-order valence-corrected chi connectivity index (χ0v) is 20.5. The predicted molar refractivity (Wildman–Crippen MR) is 150 cm³/mol. The molecule has 184 valence electrons. The average molecular weight is 433 g/mol. The maximum Gasteiger partial charge on any atom is 0.0662 e. The highest BCUT2D eigenvalue weighted by Crippen LogP contribution is 1.40. The Labute approximate surface area is 191 Å². The molecule has 0 spiro atoms. The molecule has 0 fully saturated rings. The Hall–Kier alpha value is -2.76. The maximum atomic E-state index is 7.62. The van der Waals surface area contributed by atoms with E-state index in [-0.39, 0.29) is 26.4 Å². The molecule has 0 saturated carbocycles. The number of aliphatic hydroxyl groups is 4. The van der Waals surface area contributed by atoms with Crippen molar-refractivity contribution in [3.05, 3.63) is 131 Å². The van der Waals surface area contributed by atoms with Gasteiger partial charge in [-0.15, -0.1) is 118 Å². The molecule has 0 aromatic carbocycles. The van der Waals surface area contributed by atoms with Crippen LogP contribution in [-0.2, 0) is 0 Å². The predicted octanol–water partition coefficient (Wildman–Crippen LogP) is 6.74. The highest BCUT2D eigenvalue weighted by atomic mass is 16.3. The van der Waals surface area contributed by atoms with Crippen molar-refractivity contribution in [3.8, 4) is 0 Å². The van der Waals surface area contributed by atoms with Crippen LogP contribution in [0.15, 0.2) is 131 Å². The molecule has 0 saturated heterocycles. The fraction of sp³-hybridized carbons (Fsp3) is 0.231. The van der Waals surface area contributed by atoms with Crippen LogP contribution in [0, 0.1) is 0 Å². The summed E-state index contributed by atoms with van der Waals surface area (Å²) in [6.45, 7) is 58.0. The van der Waals surface area contributed by atoms with Gasteiger partial charge in [-0.05, 0) is 13.8 Å². The van der Waals surface area contributed by atoms with Crippen LogP contribution in [0.1, 0.15) is 13.8 Å². The monoisotopic (exact) mass is 432 g/mol. The van der Waals surface area contributed by atoms with Gasteiger partial charge in [0.25, 0.3) is 0 Å². The van der Waals surface area contributed by atoms with E-state index < -0.39 is 0 Å². The molecule has 0 aliphatic rings. The molecule has 0 rings (SSSR count). The van der Waals surface area contributed by atoms with Crippen molar-refractivity contribution < 1.29 is 20.4 Å². The fourth-order valence-corrected chi connectivity index (χ4v) is 0. The first kappa shape index (κ1) is 80.8. The first-order valence-corrected chi connectivity index (χ1v) is 8.24. The summed E-state index contributed by atoms with van der Waals surface area (Å²) in [5.74, 6) is 0. The molecule has 0 radical (unpaired) electrons. The Morgan fingerprint density at radius 2 is 0.400 bits per heavy atom. The van der Waals surface area contributed by atoms with Gasteiger partial charge in [0, 0.05) is 0 Å². The van der Waals surface area contributed by atoms with E-state index >= 15 is 0 Å². The number of hydrogen-bond donors (Lipinski definition) is 4. The fourth-order valence-electron chi connectivity index (χ4n) is 0. The van der Waals surface area contributed by atoms with Gasteiger partial charge in [0.05, 0.1) is 26.4 Å². The molecule has 0 heterocycles. The molecule has 0 atom stereocenters. The van der Waals surface area contributed by atoms with Gasteiger partial charge >= 0.3 is 0 Å². The van der Waals surface area contributed by atoms with Crippen LogP contribution < -0.4 is 0 Å². The van der Waals surface area contributed by atoms with Crippen molar-refractivity contribution in [1.82, 2.24) is 0 Å². The van der Waals surface area contributed by atoms with Crippen molar-refractivity contribution in [2.75, 3.05) is 26.4 Å². The van der Waals surface area contributed by atoms with Crippen LogP contribution >= 0.6 is 0 Å². The van der Waals surface area contributed by atoms with Crippen LogP contribution in [0.3, 0.4) is 0 Å². The van der Waals surface area contributed by atoms with E-state index in [0.29, 0.717) is 0 Å². The van der Waals surface area contributed by atoms with E-state index in [1.54, 1.807) is 12.2 Å². The molecule has 0 aliphatic heterocycles. The van der Waals surface area contributed by atoms with Gasteiger partial charge < -0.3 is 20.4 Å². The van der Waals surface area contributed by atoms with Gasteiger partial charge in [-0.25, -0.2) is 0 Å². The van der Waals surface area contributed by atoms with Crippen molar-refractivity contribution in [3.63, 3.8) is 0 Å². The van der Waals surface area contributed by atoms with Crippen LogP contribution in [0.4, 0.5) is 0 Å². The molecule has 0 amide bonds. The first-order chi connectivity index (χ1) is 14.7. The summed E-state index contributed by atoms with van der Waals surface area (Å²) in [6, 6.07) is 0. The van der Waals surface area contributed by atoms with Crippen LogP contribution in [-0.4, -0.2) is 46.9 Å². The Morgan fingerprint density at radius 3 is 0.400 bits per heavy atom. The second kappa shape index (κ2) is 1590. The van der Waals surface area contributed by atoms with E-state index in [1.165, 1.54) is 0 Å². The number of rotatable bonds is 2. The highest BCUT2D eigenvalue weighted by molar-refractivity contribution is 4.52. The second-order valence-corrected chi connectivity index (χ2v) is 1.71. The summed E-state index contributed by atoms with van der Waals surface area (Å²) in [6.07, 6.45) is 3.50. The number of hydrogen-bond acceptors (Lipinski definition) is 4. The number of aliphatic hydroxyl groups excluding tert-OH is 4. The Balaban J connectivity index is -0.0000000120. The SMILES string of the molecule is C=C.C=C.C=C.C=C.C=C.C=C.C=C.C=C.C=CC.C=CC.OCCO.OCCO. The topological polar surface area (TPSA) is 80.9 Å². The molecular weight excluding hydrogens is 376 g/mol. The highest BCUT2D eigenvalue weighted by Gasteiger charge is 1.58.